The fraction of sp³-hybridized carbons (Fsp3) is 0.276. The average Bonchev–Trinajstić information content (AvgIpc) is 2.95. The van der Waals surface area contributed by atoms with E-state index in [9.17, 15) is 9.90 Å². The number of carbonyl (C=O) groups is 1. The highest BCUT2D eigenvalue weighted by Gasteiger charge is 2.14. The lowest BCUT2D eigenvalue weighted by molar-refractivity contribution is -0.133. The number of rotatable bonds is 14. The smallest absolute Gasteiger partial charge is 0.338 e. The molecule has 0 fully saturated rings. The third kappa shape index (κ3) is 8.95. The Morgan fingerprint density at radius 3 is 2.16 bits per heavy atom. The Labute approximate surface area is 217 Å². The van der Waals surface area contributed by atoms with Crippen LogP contribution in [0, 0.1) is 0 Å². The van der Waals surface area contributed by atoms with Gasteiger partial charge in [-0.2, -0.15) is 0 Å². The lowest BCUT2D eigenvalue weighted by atomic mass is 10.0. The van der Waals surface area contributed by atoms with Crippen molar-refractivity contribution in [2.24, 2.45) is 0 Å². The van der Waals surface area contributed by atoms with Crippen LogP contribution in [0.2, 0.25) is 0 Å². The second-order valence-electron chi connectivity index (χ2n) is 8.07. The van der Waals surface area contributed by atoms with Crippen LogP contribution in [0.5, 0.6) is 17.2 Å². The fourth-order valence-electron chi connectivity index (χ4n) is 3.41. The summed E-state index contributed by atoms with van der Waals surface area (Å²) >= 11 is 0. The molecular formula is C29H33NO7. The first-order valence-electron chi connectivity index (χ1n) is 11.8. The molecule has 0 aliphatic heterocycles. The Hall–Kier alpha value is -3.85. The highest BCUT2D eigenvalue weighted by Crippen LogP contribution is 2.23. The molecule has 0 aliphatic rings. The van der Waals surface area contributed by atoms with Gasteiger partial charge in [-0.1, -0.05) is 42.5 Å². The molecule has 3 aromatic rings. The normalized spacial score (nSPS) is 12.9. The van der Waals surface area contributed by atoms with Crippen molar-refractivity contribution >= 4 is 17.6 Å². The summed E-state index contributed by atoms with van der Waals surface area (Å²) in [5.74, 6) is 1.57. The number of ether oxygens (including phenoxy) is 5. The van der Waals surface area contributed by atoms with Crippen molar-refractivity contribution in [2.75, 3.05) is 41.0 Å². The lowest BCUT2D eigenvalue weighted by Crippen LogP contribution is -2.38. The molecule has 0 saturated heterocycles. The summed E-state index contributed by atoms with van der Waals surface area (Å²) in [6.07, 6.45) is 0.540. The van der Waals surface area contributed by atoms with Gasteiger partial charge in [-0.05, 0) is 53.6 Å². The van der Waals surface area contributed by atoms with Crippen LogP contribution in [0.1, 0.15) is 11.1 Å². The Morgan fingerprint density at radius 2 is 1.54 bits per heavy atom. The molecule has 3 aromatic carbocycles. The van der Waals surface area contributed by atoms with Gasteiger partial charge in [-0.25, -0.2) is 4.79 Å². The van der Waals surface area contributed by atoms with E-state index in [1.54, 1.807) is 56.7 Å². The van der Waals surface area contributed by atoms with Gasteiger partial charge in [0.25, 0.3) is 0 Å². The van der Waals surface area contributed by atoms with Gasteiger partial charge in [0.1, 0.15) is 30.0 Å². The van der Waals surface area contributed by atoms with Gasteiger partial charge >= 0.3 is 5.97 Å². The van der Waals surface area contributed by atoms with Crippen LogP contribution in [0.4, 0.5) is 0 Å². The van der Waals surface area contributed by atoms with Crippen molar-refractivity contribution in [2.45, 2.75) is 12.4 Å². The van der Waals surface area contributed by atoms with Crippen LogP contribution in [-0.4, -0.2) is 64.5 Å². The lowest BCUT2D eigenvalue weighted by Gasteiger charge is -2.19. The first-order valence-corrected chi connectivity index (χ1v) is 11.8. The van der Waals surface area contributed by atoms with Gasteiger partial charge in [0.2, 0.25) is 6.29 Å². The van der Waals surface area contributed by atoms with E-state index < -0.39 is 18.4 Å². The molecule has 0 heterocycles. The summed E-state index contributed by atoms with van der Waals surface area (Å²) in [6, 6.07) is 23.8. The second kappa shape index (κ2) is 14.6. The number of para-hydroxylation sites is 1. The van der Waals surface area contributed by atoms with E-state index in [0.29, 0.717) is 41.5 Å². The Bertz CT molecular complexity index is 1120. The Kier molecular flexibility index (Phi) is 11.0. The number of benzene rings is 3. The zero-order valence-corrected chi connectivity index (χ0v) is 21.3. The van der Waals surface area contributed by atoms with E-state index in [4.69, 9.17) is 23.7 Å². The molecule has 0 radical (unpaired) electrons. The van der Waals surface area contributed by atoms with Gasteiger partial charge in [-0.15, -0.1) is 0 Å². The number of nitrogens with one attached hydrogen (secondary N) is 1. The van der Waals surface area contributed by atoms with Crippen molar-refractivity contribution in [3.8, 4) is 17.2 Å². The zero-order chi connectivity index (χ0) is 26.5. The molecule has 0 amide bonds. The predicted molar refractivity (Wildman–Crippen MR) is 142 cm³/mol. The molecule has 2 N–H and O–H groups in total. The topological polar surface area (TPSA) is 95.5 Å². The van der Waals surface area contributed by atoms with Gasteiger partial charge in [0.05, 0.1) is 26.3 Å². The minimum Gasteiger partial charge on any atom is -0.497 e. The molecule has 3 rings (SSSR count). The summed E-state index contributed by atoms with van der Waals surface area (Å²) in [5, 5.41) is 13.4. The molecule has 196 valence electrons. The average molecular weight is 508 g/mol. The van der Waals surface area contributed by atoms with E-state index in [0.717, 1.165) is 5.56 Å². The molecule has 8 heteroatoms. The Morgan fingerprint density at radius 1 is 0.865 bits per heavy atom. The minimum atomic E-state index is -0.727. The summed E-state index contributed by atoms with van der Waals surface area (Å²) < 4.78 is 26.9. The number of aliphatic hydroxyl groups is 1. The highest BCUT2D eigenvalue weighted by molar-refractivity contribution is 6.21. The number of methoxy groups -OCH3 is 3. The van der Waals surface area contributed by atoms with Crippen molar-refractivity contribution in [1.29, 1.82) is 0 Å². The highest BCUT2D eigenvalue weighted by atomic mass is 16.7. The molecule has 0 spiro atoms. The van der Waals surface area contributed by atoms with Crippen molar-refractivity contribution in [3.05, 3.63) is 90.0 Å². The number of aliphatic hydroxyl groups excluding tert-OH is 1. The summed E-state index contributed by atoms with van der Waals surface area (Å²) in [6.45, 7) is 0.821. The molecular weight excluding hydrogens is 474 g/mol. The fourth-order valence-corrected chi connectivity index (χ4v) is 3.41. The summed E-state index contributed by atoms with van der Waals surface area (Å²) in [4.78, 5) is 12.4. The number of esters is 1. The zero-order valence-electron chi connectivity index (χ0n) is 21.3. The van der Waals surface area contributed by atoms with Crippen LogP contribution >= 0.6 is 0 Å². The molecule has 8 nitrogen and oxygen atoms in total. The maximum Gasteiger partial charge on any atom is 0.338 e. The molecule has 2 unspecified atom stereocenters. The van der Waals surface area contributed by atoms with Crippen LogP contribution in [0.25, 0.3) is 11.6 Å². The van der Waals surface area contributed by atoms with Crippen molar-refractivity contribution < 1.29 is 33.6 Å². The van der Waals surface area contributed by atoms with Crippen LogP contribution in [0.3, 0.4) is 0 Å². The SMILES string of the molecule is COC(=O)C(=Cc1ccc(OCC(O)CNCC(OC)Oc2ccccc2)cc1)c1ccc(OC)cc1. The van der Waals surface area contributed by atoms with Gasteiger partial charge in [0.15, 0.2) is 0 Å². The van der Waals surface area contributed by atoms with E-state index in [1.165, 1.54) is 7.11 Å². The number of hydrogen-bond donors (Lipinski definition) is 2. The molecule has 2 atom stereocenters. The first-order chi connectivity index (χ1) is 18.0. The number of hydrogen-bond acceptors (Lipinski definition) is 8. The largest absolute Gasteiger partial charge is 0.497 e. The van der Waals surface area contributed by atoms with Gasteiger partial charge < -0.3 is 34.1 Å². The van der Waals surface area contributed by atoms with Crippen LogP contribution in [-0.2, 0) is 14.3 Å². The van der Waals surface area contributed by atoms with Gasteiger partial charge in [-0.3, -0.25) is 0 Å². The van der Waals surface area contributed by atoms with E-state index in [-0.39, 0.29) is 6.61 Å². The molecule has 37 heavy (non-hydrogen) atoms. The maximum atomic E-state index is 12.4. The second-order valence-corrected chi connectivity index (χ2v) is 8.07. The monoisotopic (exact) mass is 507 g/mol. The Balaban J connectivity index is 1.49. The number of carbonyl (C=O) groups excluding carboxylic acids is 1. The minimum absolute atomic E-state index is 0.110. The van der Waals surface area contributed by atoms with Crippen molar-refractivity contribution in [1.82, 2.24) is 5.32 Å². The first kappa shape index (κ1) is 27.7. The third-order valence-corrected chi connectivity index (χ3v) is 5.40. The molecule has 0 bridgehead atoms. The van der Waals surface area contributed by atoms with E-state index >= 15 is 0 Å². The maximum absolute atomic E-state index is 12.4. The molecule has 0 saturated carbocycles. The van der Waals surface area contributed by atoms with E-state index in [2.05, 4.69) is 5.32 Å². The predicted octanol–water partition coefficient (Wildman–Crippen LogP) is 3.79. The van der Waals surface area contributed by atoms with Crippen molar-refractivity contribution in [3.63, 3.8) is 0 Å². The summed E-state index contributed by atoms with van der Waals surface area (Å²) in [5.41, 5.74) is 1.94. The molecule has 0 aliphatic carbocycles. The quantitative estimate of drug-likeness (QED) is 0.147. The van der Waals surface area contributed by atoms with E-state index in [1.807, 2.05) is 42.5 Å². The summed E-state index contributed by atoms with van der Waals surface area (Å²) in [7, 11) is 4.51. The third-order valence-electron chi connectivity index (χ3n) is 5.40. The van der Waals surface area contributed by atoms with Crippen LogP contribution < -0.4 is 19.5 Å². The molecule has 0 aromatic heterocycles. The van der Waals surface area contributed by atoms with Crippen LogP contribution in [0.15, 0.2) is 78.9 Å². The van der Waals surface area contributed by atoms with Gasteiger partial charge in [0, 0.05) is 13.7 Å². The standard InChI is InChI=1S/C29H33NO7/c1-33-24-15-11-22(12-16-24)27(29(32)35-3)17-21-9-13-25(14-10-21)36-20-23(31)18-30-19-28(34-2)37-26-7-5-4-6-8-26/h4-17,23,28,30-31H,18-20H2,1-3H3.